The van der Waals surface area contributed by atoms with Crippen LogP contribution in [0.4, 0.5) is 0 Å². The number of fused-ring (bicyclic) bond motifs is 2. The van der Waals surface area contributed by atoms with Crippen LogP contribution in [0.15, 0.2) is 53.5 Å². The van der Waals surface area contributed by atoms with Gasteiger partial charge >= 0.3 is 0 Å². The number of carbonyl (C=O) groups excluding carboxylic acids is 1. The Morgan fingerprint density at radius 3 is 2.78 bits per heavy atom. The molecule has 0 saturated heterocycles. The topological polar surface area (TPSA) is 99.9 Å². The molecule has 136 valence electrons. The molecule has 4 rings (SSSR count). The standard InChI is InChI=1S/C20H18N4O3/c1-27-13-6-7-17-16(10-13)12(11-22-17)8-9-21-20(26)18-14-4-2-3-5-15(14)19(25)24-23-18/h2-7,10-11,22H,8-9H2,1H3,(H,21,26)(H,24,25). The van der Waals surface area contributed by atoms with Gasteiger partial charge in [0.05, 0.1) is 12.5 Å². The molecule has 0 bridgehead atoms. The van der Waals surface area contributed by atoms with Crippen molar-refractivity contribution in [2.24, 2.45) is 0 Å². The van der Waals surface area contributed by atoms with E-state index in [2.05, 4.69) is 20.5 Å². The number of ether oxygens (including phenoxy) is 1. The largest absolute Gasteiger partial charge is 0.497 e. The Morgan fingerprint density at radius 1 is 1.15 bits per heavy atom. The number of amides is 1. The molecule has 0 fully saturated rings. The average molecular weight is 362 g/mol. The molecule has 7 heteroatoms. The Bertz CT molecular complexity index is 1190. The molecule has 0 unspecified atom stereocenters. The number of aromatic nitrogens is 3. The highest BCUT2D eigenvalue weighted by molar-refractivity contribution is 6.04. The van der Waals surface area contributed by atoms with Crippen LogP contribution in [0.3, 0.4) is 0 Å². The smallest absolute Gasteiger partial charge is 0.272 e. The first-order chi connectivity index (χ1) is 13.2. The highest BCUT2D eigenvalue weighted by Gasteiger charge is 2.14. The first kappa shape index (κ1) is 16.8. The van der Waals surface area contributed by atoms with E-state index in [9.17, 15) is 9.59 Å². The molecule has 0 spiro atoms. The van der Waals surface area contributed by atoms with Crippen molar-refractivity contribution in [1.82, 2.24) is 20.5 Å². The number of aromatic amines is 2. The molecule has 27 heavy (non-hydrogen) atoms. The van der Waals surface area contributed by atoms with E-state index < -0.39 is 0 Å². The van der Waals surface area contributed by atoms with Crippen LogP contribution in [0, 0.1) is 0 Å². The molecule has 2 aromatic heterocycles. The van der Waals surface area contributed by atoms with Crippen molar-refractivity contribution in [3.8, 4) is 5.75 Å². The summed E-state index contributed by atoms with van der Waals surface area (Å²) in [5, 5.41) is 11.2. The summed E-state index contributed by atoms with van der Waals surface area (Å²) in [6, 6.07) is 12.8. The van der Waals surface area contributed by atoms with E-state index in [1.807, 2.05) is 24.4 Å². The molecular formula is C20H18N4O3. The van der Waals surface area contributed by atoms with Gasteiger partial charge in [0.15, 0.2) is 5.69 Å². The molecule has 0 saturated carbocycles. The highest BCUT2D eigenvalue weighted by atomic mass is 16.5. The second-order valence-corrected chi connectivity index (χ2v) is 6.18. The minimum atomic E-state index is -0.320. The Labute approximate surface area is 154 Å². The number of rotatable bonds is 5. The van der Waals surface area contributed by atoms with Crippen LogP contribution >= 0.6 is 0 Å². The van der Waals surface area contributed by atoms with E-state index in [4.69, 9.17) is 4.74 Å². The Hall–Kier alpha value is -3.61. The summed E-state index contributed by atoms with van der Waals surface area (Å²) in [6.45, 7) is 0.443. The third-order valence-corrected chi connectivity index (χ3v) is 4.57. The average Bonchev–Trinajstić information content (AvgIpc) is 3.10. The number of benzene rings is 2. The molecule has 0 aliphatic carbocycles. The van der Waals surface area contributed by atoms with E-state index in [-0.39, 0.29) is 17.2 Å². The van der Waals surface area contributed by atoms with Gasteiger partial charge in [0.2, 0.25) is 0 Å². The van der Waals surface area contributed by atoms with Crippen LogP contribution in [0.25, 0.3) is 21.7 Å². The van der Waals surface area contributed by atoms with Crippen molar-refractivity contribution in [3.05, 3.63) is 70.3 Å². The normalized spacial score (nSPS) is 11.0. The van der Waals surface area contributed by atoms with Gasteiger partial charge in [0.25, 0.3) is 11.5 Å². The summed E-state index contributed by atoms with van der Waals surface area (Å²) < 4.78 is 5.28. The van der Waals surface area contributed by atoms with Crippen LogP contribution in [-0.4, -0.2) is 34.7 Å². The number of hydrogen-bond acceptors (Lipinski definition) is 4. The van der Waals surface area contributed by atoms with E-state index in [1.54, 1.807) is 31.4 Å². The second-order valence-electron chi connectivity index (χ2n) is 6.18. The van der Waals surface area contributed by atoms with Crippen LogP contribution in [0.1, 0.15) is 16.1 Å². The quantitative estimate of drug-likeness (QED) is 0.507. The van der Waals surface area contributed by atoms with Crippen molar-refractivity contribution < 1.29 is 9.53 Å². The fourth-order valence-electron chi connectivity index (χ4n) is 3.17. The van der Waals surface area contributed by atoms with E-state index in [0.29, 0.717) is 23.7 Å². The maximum absolute atomic E-state index is 12.5. The molecule has 0 radical (unpaired) electrons. The van der Waals surface area contributed by atoms with Gasteiger partial charge in [0, 0.05) is 29.0 Å². The van der Waals surface area contributed by atoms with Gasteiger partial charge in [-0.1, -0.05) is 18.2 Å². The fourth-order valence-corrected chi connectivity index (χ4v) is 3.17. The predicted octanol–water partition coefficient (Wildman–Crippen LogP) is 2.39. The predicted molar refractivity (Wildman–Crippen MR) is 103 cm³/mol. The third-order valence-electron chi connectivity index (χ3n) is 4.57. The lowest BCUT2D eigenvalue weighted by Crippen LogP contribution is -2.28. The lowest BCUT2D eigenvalue weighted by Gasteiger charge is -2.07. The maximum atomic E-state index is 12.5. The van der Waals surface area contributed by atoms with Gasteiger partial charge in [-0.15, -0.1) is 0 Å². The number of nitrogens with one attached hydrogen (secondary N) is 3. The summed E-state index contributed by atoms with van der Waals surface area (Å²) in [7, 11) is 1.63. The first-order valence-electron chi connectivity index (χ1n) is 8.57. The monoisotopic (exact) mass is 362 g/mol. The van der Waals surface area contributed by atoms with Gasteiger partial charge in [-0.2, -0.15) is 5.10 Å². The van der Waals surface area contributed by atoms with Gasteiger partial charge in [-0.25, -0.2) is 5.10 Å². The van der Waals surface area contributed by atoms with Gasteiger partial charge in [0.1, 0.15) is 5.75 Å². The highest BCUT2D eigenvalue weighted by Crippen LogP contribution is 2.23. The maximum Gasteiger partial charge on any atom is 0.272 e. The number of hydrogen-bond donors (Lipinski definition) is 3. The SMILES string of the molecule is COc1ccc2[nH]cc(CCNC(=O)c3n[nH]c(=O)c4ccccc34)c2c1. The van der Waals surface area contributed by atoms with Gasteiger partial charge in [-0.05, 0) is 36.2 Å². The Kier molecular flexibility index (Phi) is 4.33. The van der Waals surface area contributed by atoms with Gasteiger partial charge < -0.3 is 15.0 Å². The molecule has 0 atom stereocenters. The number of carbonyl (C=O) groups is 1. The van der Waals surface area contributed by atoms with Crippen molar-refractivity contribution in [2.75, 3.05) is 13.7 Å². The zero-order chi connectivity index (χ0) is 18.8. The molecule has 1 amide bonds. The lowest BCUT2D eigenvalue weighted by molar-refractivity contribution is 0.0950. The zero-order valence-electron chi connectivity index (χ0n) is 14.7. The molecule has 2 heterocycles. The van der Waals surface area contributed by atoms with E-state index in [0.717, 1.165) is 22.2 Å². The summed E-state index contributed by atoms with van der Waals surface area (Å²) in [5.41, 5.74) is 2.01. The molecule has 4 aromatic rings. The van der Waals surface area contributed by atoms with Crippen molar-refractivity contribution in [3.63, 3.8) is 0 Å². The molecule has 0 aliphatic rings. The summed E-state index contributed by atoms with van der Waals surface area (Å²) in [6.07, 6.45) is 2.59. The molecule has 3 N–H and O–H groups in total. The third kappa shape index (κ3) is 3.15. The van der Waals surface area contributed by atoms with Crippen LogP contribution < -0.4 is 15.6 Å². The Morgan fingerprint density at radius 2 is 1.96 bits per heavy atom. The Balaban J connectivity index is 1.51. The molecule has 0 aliphatic heterocycles. The minimum absolute atomic E-state index is 0.214. The zero-order valence-corrected chi connectivity index (χ0v) is 14.7. The summed E-state index contributed by atoms with van der Waals surface area (Å²) in [5.74, 6) is 0.469. The molecule has 2 aromatic carbocycles. The fraction of sp³-hybridized carbons (Fsp3) is 0.150. The number of H-pyrrole nitrogens is 2. The van der Waals surface area contributed by atoms with Crippen LogP contribution in [0.5, 0.6) is 5.75 Å². The molecular weight excluding hydrogens is 344 g/mol. The minimum Gasteiger partial charge on any atom is -0.497 e. The van der Waals surface area contributed by atoms with E-state index >= 15 is 0 Å². The van der Waals surface area contributed by atoms with Crippen LogP contribution in [0.2, 0.25) is 0 Å². The summed E-state index contributed by atoms with van der Waals surface area (Å²) in [4.78, 5) is 27.6. The second kappa shape index (κ2) is 6.95. The van der Waals surface area contributed by atoms with Crippen molar-refractivity contribution >= 4 is 27.6 Å². The lowest BCUT2D eigenvalue weighted by atomic mass is 10.1. The number of nitrogens with zero attached hydrogens (tertiary/aromatic N) is 1. The first-order valence-corrected chi connectivity index (χ1v) is 8.57. The van der Waals surface area contributed by atoms with E-state index in [1.165, 1.54) is 0 Å². The van der Waals surface area contributed by atoms with Crippen molar-refractivity contribution in [1.29, 1.82) is 0 Å². The summed E-state index contributed by atoms with van der Waals surface area (Å²) >= 11 is 0. The van der Waals surface area contributed by atoms with Crippen molar-refractivity contribution in [2.45, 2.75) is 6.42 Å². The van der Waals surface area contributed by atoms with Crippen LogP contribution in [-0.2, 0) is 6.42 Å². The molecule has 7 nitrogen and oxygen atoms in total. The number of methoxy groups -OCH3 is 1. The van der Waals surface area contributed by atoms with Gasteiger partial charge in [-0.3, -0.25) is 9.59 Å².